The van der Waals surface area contributed by atoms with Crippen LogP contribution in [-0.2, 0) is 19.1 Å². The number of aliphatic carboxylic acids is 1. The lowest BCUT2D eigenvalue weighted by Crippen LogP contribution is -2.54. The molecule has 0 radical (unpaired) electrons. The second kappa shape index (κ2) is 5.46. The van der Waals surface area contributed by atoms with Crippen LogP contribution in [0, 0.1) is 5.41 Å². The molecule has 0 bridgehead atoms. The summed E-state index contributed by atoms with van der Waals surface area (Å²) in [6.07, 6.45) is 2.76. The van der Waals surface area contributed by atoms with Crippen molar-refractivity contribution in [3.63, 3.8) is 0 Å². The predicted molar refractivity (Wildman–Crippen MR) is 73.5 cm³/mol. The molecule has 1 unspecified atom stereocenters. The number of amides is 1. The van der Waals surface area contributed by atoms with Crippen LogP contribution in [0.2, 0.25) is 0 Å². The highest BCUT2D eigenvalue weighted by Gasteiger charge is 2.55. The Hall–Kier alpha value is -1.92. The van der Waals surface area contributed by atoms with E-state index in [1.54, 1.807) is 13.8 Å². The first kappa shape index (κ1) is 15.5. The van der Waals surface area contributed by atoms with Gasteiger partial charge in [-0.05, 0) is 32.1 Å². The maximum absolute atomic E-state index is 12.5. The molecular formula is C14H20N2O5. The van der Waals surface area contributed by atoms with Crippen molar-refractivity contribution in [1.82, 2.24) is 5.43 Å². The summed E-state index contributed by atoms with van der Waals surface area (Å²) in [6.45, 7) is 3.25. The van der Waals surface area contributed by atoms with Crippen molar-refractivity contribution in [2.75, 3.05) is 0 Å². The van der Waals surface area contributed by atoms with Gasteiger partial charge in [0.05, 0.1) is 5.71 Å². The van der Waals surface area contributed by atoms with Gasteiger partial charge in [0, 0.05) is 6.42 Å². The Kier molecular flexibility index (Phi) is 4.02. The van der Waals surface area contributed by atoms with Gasteiger partial charge in [-0.2, -0.15) is 5.10 Å². The van der Waals surface area contributed by atoms with Crippen LogP contribution in [0.1, 0.15) is 52.4 Å². The van der Waals surface area contributed by atoms with E-state index in [4.69, 9.17) is 4.74 Å². The molecule has 2 aliphatic rings. The molecule has 2 rings (SSSR count). The van der Waals surface area contributed by atoms with Gasteiger partial charge in [0.15, 0.2) is 5.41 Å². The van der Waals surface area contributed by atoms with Crippen LogP contribution in [-0.4, -0.2) is 34.3 Å². The van der Waals surface area contributed by atoms with E-state index in [0.717, 1.165) is 12.8 Å². The van der Waals surface area contributed by atoms with Crippen molar-refractivity contribution in [2.45, 2.75) is 58.0 Å². The van der Waals surface area contributed by atoms with E-state index in [9.17, 15) is 19.5 Å². The smallest absolute Gasteiger partial charge is 0.324 e. The van der Waals surface area contributed by atoms with Crippen LogP contribution in [0.3, 0.4) is 0 Å². The van der Waals surface area contributed by atoms with E-state index in [0.29, 0.717) is 18.6 Å². The monoisotopic (exact) mass is 296 g/mol. The molecule has 0 aromatic heterocycles. The molecule has 1 fully saturated rings. The molecule has 116 valence electrons. The zero-order valence-electron chi connectivity index (χ0n) is 12.3. The van der Waals surface area contributed by atoms with Crippen molar-refractivity contribution in [3.05, 3.63) is 0 Å². The molecular weight excluding hydrogens is 276 g/mol. The highest BCUT2D eigenvalue weighted by Crippen LogP contribution is 2.37. The fourth-order valence-electron chi connectivity index (χ4n) is 2.95. The van der Waals surface area contributed by atoms with Crippen molar-refractivity contribution >= 4 is 23.6 Å². The number of fused-ring (bicyclic) bond motifs is 1. The summed E-state index contributed by atoms with van der Waals surface area (Å²) in [5, 5.41) is 13.3. The summed E-state index contributed by atoms with van der Waals surface area (Å²) in [7, 11) is 0. The van der Waals surface area contributed by atoms with Crippen LogP contribution in [0.5, 0.6) is 0 Å². The third-order valence-corrected chi connectivity index (χ3v) is 4.59. The summed E-state index contributed by atoms with van der Waals surface area (Å²) in [5.41, 5.74) is -0.166. The lowest BCUT2D eigenvalue weighted by atomic mass is 9.80. The number of carbonyl (C=O) groups excluding carboxylic acids is 2. The molecule has 0 aromatic rings. The Morgan fingerprint density at radius 1 is 1.38 bits per heavy atom. The van der Waals surface area contributed by atoms with Crippen LogP contribution in [0.25, 0.3) is 0 Å². The first-order chi connectivity index (χ1) is 9.93. The van der Waals surface area contributed by atoms with Crippen LogP contribution >= 0.6 is 0 Å². The Bertz CT molecular complexity index is 509. The van der Waals surface area contributed by atoms with Crippen molar-refractivity contribution in [2.24, 2.45) is 10.5 Å². The Balaban J connectivity index is 2.31. The molecule has 7 heteroatoms. The van der Waals surface area contributed by atoms with E-state index < -0.39 is 28.9 Å². The number of hydrazone groups is 1. The van der Waals surface area contributed by atoms with E-state index in [2.05, 4.69) is 10.5 Å². The Morgan fingerprint density at radius 2 is 2.05 bits per heavy atom. The molecule has 1 aliphatic heterocycles. The fourth-order valence-corrected chi connectivity index (χ4v) is 2.95. The maximum atomic E-state index is 12.5. The molecule has 1 aliphatic carbocycles. The van der Waals surface area contributed by atoms with Crippen LogP contribution in [0.15, 0.2) is 5.10 Å². The van der Waals surface area contributed by atoms with Crippen molar-refractivity contribution < 1.29 is 24.2 Å². The lowest BCUT2D eigenvalue weighted by molar-refractivity contribution is -0.179. The van der Waals surface area contributed by atoms with E-state index in [-0.39, 0.29) is 12.8 Å². The SMILES string of the molecule is CCC(CC)(C(=O)O)C(=O)OC12CCCCC1=NNC2=O. The molecule has 2 N–H and O–H groups in total. The molecule has 7 nitrogen and oxygen atoms in total. The minimum Gasteiger partial charge on any atom is -0.480 e. The number of carboxylic acid groups (broad SMARTS) is 1. The van der Waals surface area contributed by atoms with Gasteiger partial charge in [-0.1, -0.05) is 13.8 Å². The molecule has 0 saturated heterocycles. The highest BCUT2D eigenvalue weighted by molar-refractivity contribution is 6.17. The Morgan fingerprint density at radius 3 is 2.62 bits per heavy atom. The van der Waals surface area contributed by atoms with Crippen LogP contribution < -0.4 is 5.43 Å². The second-order valence-corrected chi connectivity index (χ2v) is 5.52. The summed E-state index contributed by atoms with van der Waals surface area (Å²) in [4.78, 5) is 36.1. The number of rotatable bonds is 5. The summed E-state index contributed by atoms with van der Waals surface area (Å²) < 4.78 is 5.46. The van der Waals surface area contributed by atoms with E-state index in [1.165, 1.54) is 0 Å². The minimum absolute atomic E-state index is 0.113. The second-order valence-electron chi connectivity index (χ2n) is 5.52. The van der Waals surface area contributed by atoms with Crippen LogP contribution in [0.4, 0.5) is 0 Å². The number of hydrogen-bond donors (Lipinski definition) is 2. The number of nitrogens with zero attached hydrogens (tertiary/aromatic N) is 1. The van der Waals surface area contributed by atoms with Gasteiger partial charge in [0.2, 0.25) is 5.60 Å². The van der Waals surface area contributed by atoms with E-state index in [1.807, 2.05) is 0 Å². The molecule has 0 aromatic carbocycles. The zero-order chi connectivity index (χ0) is 15.7. The third kappa shape index (κ3) is 2.20. The van der Waals surface area contributed by atoms with Gasteiger partial charge < -0.3 is 9.84 Å². The van der Waals surface area contributed by atoms with E-state index >= 15 is 0 Å². The molecule has 1 saturated carbocycles. The van der Waals surface area contributed by atoms with Gasteiger partial charge in [-0.15, -0.1) is 0 Å². The molecule has 21 heavy (non-hydrogen) atoms. The topological polar surface area (TPSA) is 105 Å². The summed E-state index contributed by atoms with van der Waals surface area (Å²) >= 11 is 0. The Labute approximate surface area is 122 Å². The van der Waals surface area contributed by atoms with Gasteiger partial charge >= 0.3 is 11.9 Å². The lowest BCUT2D eigenvalue weighted by Gasteiger charge is -2.34. The number of ether oxygens (including phenoxy) is 1. The average Bonchev–Trinajstić information content (AvgIpc) is 2.78. The van der Waals surface area contributed by atoms with Gasteiger partial charge in [-0.3, -0.25) is 14.4 Å². The summed E-state index contributed by atoms with van der Waals surface area (Å²) in [5.74, 6) is -2.55. The standard InChI is InChI=1S/C14H20N2O5/c1-3-13(4-2,11(18)19)12(20)21-14-8-6-5-7-9(14)15-16-10(14)17/h3-8H2,1-2H3,(H,16,17)(H,18,19). The van der Waals surface area contributed by atoms with Gasteiger partial charge in [-0.25, -0.2) is 5.43 Å². The van der Waals surface area contributed by atoms with Gasteiger partial charge in [0.1, 0.15) is 0 Å². The average molecular weight is 296 g/mol. The number of carboxylic acids is 1. The molecule has 1 amide bonds. The first-order valence-corrected chi connectivity index (χ1v) is 7.27. The number of hydrogen-bond acceptors (Lipinski definition) is 5. The first-order valence-electron chi connectivity index (χ1n) is 7.27. The normalized spacial score (nSPS) is 24.9. The molecule has 0 spiro atoms. The largest absolute Gasteiger partial charge is 0.480 e. The highest BCUT2D eigenvalue weighted by atomic mass is 16.6. The van der Waals surface area contributed by atoms with Crippen molar-refractivity contribution in [3.8, 4) is 0 Å². The maximum Gasteiger partial charge on any atom is 0.324 e. The quantitative estimate of drug-likeness (QED) is 0.586. The number of nitrogens with one attached hydrogen (secondary N) is 1. The van der Waals surface area contributed by atoms with Crippen molar-refractivity contribution in [1.29, 1.82) is 0 Å². The number of carbonyl (C=O) groups is 3. The summed E-state index contributed by atoms with van der Waals surface area (Å²) in [6, 6.07) is 0. The predicted octanol–water partition coefficient (Wildman–Crippen LogP) is 1.22. The zero-order valence-corrected chi connectivity index (χ0v) is 12.3. The number of esters is 1. The molecule has 1 heterocycles. The third-order valence-electron chi connectivity index (χ3n) is 4.59. The fraction of sp³-hybridized carbons (Fsp3) is 0.714. The molecule has 1 atom stereocenters. The minimum atomic E-state index is -1.61. The van der Waals surface area contributed by atoms with Gasteiger partial charge in [0.25, 0.3) is 5.91 Å².